The molecule has 1 unspecified atom stereocenters. The maximum absolute atomic E-state index is 10.6. The second-order valence-corrected chi connectivity index (χ2v) is 5.78. The maximum atomic E-state index is 10.6. The van der Waals surface area contributed by atoms with E-state index in [0.29, 0.717) is 5.75 Å². The van der Waals surface area contributed by atoms with Crippen molar-refractivity contribution in [2.45, 2.75) is 12.6 Å². The predicted molar refractivity (Wildman–Crippen MR) is 84.6 cm³/mol. The molecule has 0 aliphatic heterocycles. The van der Waals surface area contributed by atoms with E-state index in [1.165, 1.54) is 10.8 Å². The Morgan fingerprint density at radius 2 is 2.14 bits per heavy atom. The van der Waals surface area contributed by atoms with Crippen molar-refractivity contribution in [1.29, 1.82) is 0 Å². The van der Waals surface area contributed by atoms with Crippen LogP contribution in [0.25, 0.3) is 0 Å². The molecule has 2 aromatic rings. The highest BCUT2D eigenvalue weighted by molar-refractivity contribution is 14.1. The zero-order chi connectivity index (χ0) is 15.4. The molecule has 0 saturated carbocycles. The summed E-state index contributed by atoms with van der Waals surface area (Å²) < 4.78 is 7.81. The Labute approximate surface area is 138 Å². The van der Waals surface area contributed by atoms with E-state index in [1.54, 1.807) is 12.1 Å². The van der Waals surface area contributed by atoms with Crippen LogP contribution in [0.5, 0.6) is 5.75 Å². The molecule has 112 valence electrons. The lowest BCUT2D eigenvalue weighted by molar-refractivity contribution is -0.389. The predicted octanol–water partition coefficient (Wildman–Crippen LogP) is 2.49. The molecule has 1 aromatic carbocycles. The molecule has 1 atom stereocenters. The number of ether oxygens (including phenoxy) is 1. The largest absolute Gasteiger partial charge is 0.491 e. The highest BCUT2D eigenvalue weighted by Gasteiger charge is 2.19. The van der Waals surface area contributed by atoms with Crippen LogP contribution in [-0.2, 0) is 6.54 Å². The number of imidazole rings is 1. The lowest BCUT2D eigenvalue weighted by atomic mass is 10.3. The van der Waals surface area contributed by atoms with E-state index in [2.05, 4.69) is 27.6 Å². The number of aliphatic hydroxyl groups is 1. The molecular weight excluding hydrogens is 413 g/mol. The van der Waals surface area contributed by atoms with Crippen molar-refractivity contribution in [2.24, 2.45) is 0 Å². The SMILES string of the molecule is O=[N+]([O-])c1cn(CC(O)COc2ccc(I)cc2)c(Cl)n1. The zero-order valence-electron chi connectivity index (χ0n) is 10.6. The molecule has 0 spiro atoms. The van der Waals surface area contributed by atoms with Crippen LogP contribution in [0, 0.1) is 13.7 Å². The van der Waals surface area contributed by atoms with Gasteiger partial charge in [-0.1, -0.05) is 0 Å². The van der Waals surface area contributed by atoms with Gasteiger partial charge in [0.15, 0.2) is 0 Å². The van der Waals surface area contributed by atoms with Gasteiger partial charge in [-0.3, -0.25) is 4.57 Å². The number of hydrogen-bond donors (Lipinski definition) is 1. The van der Waals surface area contributed by atoms with Gasteiger partial charge in [-0.15, -0.1) is 0 Å². The first-order chi connectivity index (χ1) is 9.95. The maximum Gasteiger partial charge on any atom is 0.383 e. The molecule has 0 saturated heterocycles. The molecule has 0 aliphatic carbocycles. The first-order valence-electron chi connectivity index (χ1n) is 5.89. The third-order valence-corrected chi connectivity index (χ3v) is 3.59. The molecular formula is C12H11ClIN3O4. The van der Waals surface area contributed by atoms with Crippen molar-refractivity contribution in [2.75, 3.05) is 6.61 Å². The smallest absolute Gasteiger partial charge is 0.383 e. The second-order valence-electron chi connectivity index (χ2n) is 4.20. The topological polar surface area (TPSA) is 90.4 Å². The quantitative estimate of drug-likeness (QED) is 0.438. The summed E-state index contributed by atoms with van der Waals surface area (Å²) in [5, 5.41) is 20.4. The van der Waals surface area contributed by atoms with Gasteiger partial charge in [-0.25, -0.2) is 0 Å². The average Bonchev–Trinajstić information content (AvgIpc) is 2.80. The Bertz CT molecular complexity index is 632. The first kappa shape index (κ1) is 16.0. The van der Waals surface area contributed by atoms with E-state index in [1.807, 2.05) is 12.1 Å². The molecule has 1 aromatic heterocycles. The Kier molecular flexibility index (Phi) is 5.37. The van der Waals surface area contributed by atoms with E-state index in [0.717, 1.165) is 3.57 Å². The minimum absolute atomic E-state index is 0.0445. The van der Waals surface area contributed by atoms with Gasteiger partial charge in [0.25, 0.3) is 0 Å². The third kappa shape index (κ3) is 4.55. The summed E-state index contributed by atoms with van der Waals surface area (Å²) >= 11 is 7.94. The molecule has 0 fully saturated rings. The number of aromatic nitrogens is 2. The number of halogens is 2. The minimum Gasteiger partial charge on any atom is -0.491 e. The monoisotopic (exact) mass is 423 g/mol. The first-order valence-corrected chi connectivity index (χ1v) is 7.35. The molecule has 9 heteroatoms. The summed E-state index contributed by atoms with van der Waals surface area (Å²) in [5.74, 6) is 0.280. The van der Waals surface area contributed by atoms with Gasteiger partial charge < -0.3 is 20.0 Å². The molecule has 0 amide bonds. The normalized spacial score (nSPS) is 12.1. The van der Waals surface area contributed by atoms with Crippen LogP contribution in [0.4, 0.5) is 5.82 Å². The molecule has 21 heavy (non-hydrogen) atoms. The van der Waals surface area contributed by atoms with Gasteiger partial charge in [0.2, 0.25) is 0 Å². The number of benzene rings is 1. The summed E-state index contributed by atoms with van der Waals surface area (Å²) in [6, 6.07) is 7.36. The second kappa shape index (κ2) is 7.05. The van der Waals surface area contributed by atoms with Gasteiger partial charge in [0.1, 0.15) is 24.7 Å². The number of hydrogen-bond acceptors (Lipinski definition) is 5. The average molecular weight is 424 g/mol. The van der Waals surface area contributed by atoms with Gasteiger partial charge in [0.05, 0.1) is 6.54 Å². The fraction of sp³-hybridized carbons (Fsp3) is 0.250. The van der Waals surface area contributed by atoms with Crippen LogP contribution in [0.1, 0.15) is 0 Å². The summed E-state index contributed by atoms with van der Waals surface area (Å²) in [6.07, 6.45) is 0.312. The Hall–Kier alpha value is -1.39. The molecule has 2 rings (SSSR count). The standard InChI is InChI=1S/C12H11ClIN3O4/c13-12-15-11(17(19)20)6-16(12)5-9(18)7-21-10-3-1-8(14)2-4-10/h1-4,6,9,18H,5,7H2. The van der Waals surface area contributed by atoms with E-state index in [-0.39, 0.29) is 24.3 Å². The van der Waals surface area contributed by atoms with Crippen LogP contribution in [0.2, 0.25) is 5.28 Å². The molecule has 0 radical (unpaired) electrons. The number of aliphatic hydroxyl groups excluding tert-OH is 1. The highest BCUT2D eigenvalue weighted by atomic mass is 127. The summed E-state index contributed by atoms with van der Waals surface area (Å²) in [7, 11) is 0. The van der Waals surface area contributed by atoms with Crippen LogP contribution in [-0.4, -0.2) is 32.3 Å². The summed E-state index contributed by atoms with van der Waals surface area (Å²) in [5.41, 5.74) is 0. The van der Waals surface area contributed by atoms with Gasteiger partial charge in [-0.2, -0.15) is 0 Å². The molecule has 0 bridgehead atoms. The summed E-state index contributed by atoms with van der Waals surface area (Å²) in [4.78, 5) is 13.5. The summed E-state index contributed by atoms with van der Waals surface area (Å²) in [6.45, 7) is 0.104. The molecule has 1 heterocycles. The fourth-order valence-corrected chi connectivity index (χ4v) is 2.16. The highest BCUT2D eigenvalue weighted by Crippen LogP contribution is 2.17. The Morgan fingerprint density at radius 3 is 2.71 bits per heavy atom. The van der Waals surface area contributed by atoms with E-state index in [9.17, 15) is 15.2 Å². The zero-order valence-corrected chi connectivity index (χ0v) is 13.6. The molecule has 1 N–H and O–H groups in total. The van der Waals surface area contributed by atoms with Crippen LogP contribution < -0.4 is 4.74 Å². The van der Waals surface area contributed by atoms with E-state index < -0.39 is 11.0 Å². The minimum atomic E-state index is -0.865. The van der Waals surface area contributed by atoms with Crippen LogP contribution in [0.3, 0.4) is 0 Å². The van der Waals surface area contributed by atoms with Crippen molar-refractivity contribution >= 4 is 40.0 Å². The Balaban J connectivity index is 1.91. The lowest BCUT2D eigenvalue weighted by Crippen LogP contribution is -2.23. The van der Waals surface area contributed by atoms with E-state index >= 15 is 0 Å². The number of nitro groups is 1. The molecule has 0 aliphatic rings. The number of rotatable bonds is 6. The van der Waals surface area contributed by atoms with E-state index in [4.69, 9.17) is 16.3 Å². The van der Waals surface area contributed by atoms with Gasteiger partial charge >= 0.3 is 11.1 Å². The van der Waals surface area contributed by atoms with Crippen molar-refractivity contribution in [3.8, 4) is 5.75 Å². The fourth-order valence-electron chi connectivity index (χ4n) is 1.60. The molecule has 7 nitrogen and oxygen atoms in total. The van der Waals surface area contributed by atoms with Crippen molar-refractivity contribution < 1.29 is 14.8 Å². The third-order valence-electron chi connectivity index (χ3n) is 2.57. The van der Waals surface area contributed by atoms with Crippen molar-refractivity contribution in [3.05, 3.63) is 49.4 Å². The van der Waals surface area contributed by atoms with Crippen LogP contribution >= 0.6 is 34.2 Å². The van der Waals surface area contributed by atoms with Crippen molar-refractivity contribution in [3.63, 3.8) is 0 Å². The van der Waals surface area contributed by atoms with Gasteiger partial charge in [-0.05, 0) is 68.4 Å². The number of nitrogens with zero attached hydrogens (tertiary/aromatic N) is 3. The Morgan fingerprint density at radius 1 is 1.48 bits per heavy atom. The van der Waals surface area contributed by atoms with Crippen molar-refractivity contribution in [1.82, 2.24) is 9.55 Å². The van der Waals surface area contributed by atoms with Crippen LogP contribution in [0.15, 0.2) is 30.5 Å². The van der Waals surface area contributed by atoms with Gasteiger partial charge in [0, 0.05) is 3.57 Å². The lowest BCUT2D eigenvalue weighted by Gasteiger charge is -2.12.